The Bertz CT molecular complexity index is 515. The average molecular weight is 374 g/mol. The summed E-state index contributed by atoms with van der Waals surface area (Å²) >= 11 is 2.03. The summed E-state index contributed by atoms with van der Waals surface area (Å²) in [6.07, 6.45) is 2.29. The quantitative estimate of drug-likeness (QED) is 0.710. The number of carbonyl (C=O) groups excluding carboxylic acids is 1. The summed E-state index contributed by atoms with van der Waals surface area (Å²) in [7, 11) is 0. The number of benzene rings is 1. The Kier molecular flexibility index (Phi) is 4.28. The molecule has 19 heavy (non-hydrogen) atoms. The molecule has 1 aromatic rings. The van der Waals surface area contributed by atoms with Crippen LogP contribution in [0.25, 0.3) is 0 Å². The van der Waals surface area contributed by atoms with Crippen LogP contribution in [-0.4, -0.2) is 23.1 Å². The Morgan fingerprint density at radius 2 is 2.11 bits per heavy atom. The van der Waals surface area contributed by atoms with Gasteiger partial charge >= 0.3 is 12.0 Å². The van der Waals surface area contributed by atoms with E-state index in [4.69, 9.17) is 5.11 Å². The van der Waals surface area contributed by atoms with Crippen LogP contribution in [0.1, 0.15) is 30.1 Å². The van der Waals surface area contributed by atoms with E-state index in [0.717, 1.165) is 16.4 Å². The highest BCUT2D eigenvalue weighted by Crippen LogP contribution is 2.32. The maximum absolute atomic E-state index is 11.8. The van der Waals surface area contributed by atoms with Gasteiger partial charge in [0.2, 0.25) is 0 Å². The van der Waals surface area contributed by atoms with Gasteiger partial charge < -0.3 is 15.7 Å². The zero-order valence-electron chi connectivity index (χ0n) is 10.4. The maximum atomic E-state index is 11.8. The van der Waals surface area contributed by atoms with Crippen LogP contribution in [0.5, 0.6) is 0 Å². The maximum Gasteiger partial charge on any atom is 0.337 e. The van der Waals surface area contributed by atoms with Crippen molar-refractivity contribution in [1.82, 2.24) is 5.32 Å². The number of carboxylic acid groups (broad SMARTS) is 1. The van der Waals surface area contributed by atoms with Crippen LogP contribution in [-0.2, 0) is 0 Å². The van der Waals surface area contributed by atoms with E-state index in [2.05, 4.69) is 10.6 Å². The van der Waals surface area contributed by atoms with Gasteiger partial charge in [0.1, 0.15) is 0 Å². The Hall–Kier alpha value is -1.31. The lowest BCUT2D eigenvalue weighted by Gasteiger charge is -2.14. The van der Waals surface area contributed by atoms with Gasteiger partial charge in [-0.2, -0.15) is 0 Å². The highest BCUT2D eigenvalue weighted by molar-refractivity contribution is 14.1. The SMILES string of the molecule is CC(NC(=O)Nc1ccc(I)cc1C(=O)O)C1CC1. The van der Waals surface area contributed by atoms with Gasteiger partial charge in [-0.05, 0) is 66.5 Å². The van der Waals surface area contributed by atoms with E-state index in [1.165, 1.54) is 6.07 Å². The zero-order valence-corrected chi connectivity index (χ0v) is 12.6. The minimum absolute atomic E-state index is 0.0983. The van der Waals surface area contributed by atoms with Crippen molar-refractivity contribution < 1.29 is 14.7 Å². The van der Waals surface area contributed by atoms with Gasteiger partial charge in [-0.25, -0.2) is 9.59 Å². The van der Waals surface area contributed by atoms with Crippen LogP contribution in [0.2, 0.25) is 0 Å². The van der Waals surface area contributed by atoms with Crippen LogP contribution in [0, 0.1) is 9.49 Å². The number of nitrogens with one attached hydrogen (secondary N) is 2. The van der Waals surface area contributed by atoms with Crippen molar-refractivity contribution in [3.63, 3.8) is 0 Å². The lowest BCUT2D eigenvalue weighted by Crippen LogP contribution is -2.37. The molecule has 0 aliphatic heterocycles. The van der Waals surface area contributed by atoms with Gasteiger partial charge in [-0.3, -0.25) is 0 Å². The average Bonchev–Trinajstić information content (AvgIpc) is 3.15. The molecule has 2 amide bonds. The second-order valence-corrected chi connectivity index (χ2v) is 5.97. The van der Waals surface area contributed by atoms with Gasteiger partial charge in [0, 0.05) is 9.61 Å². The molecule has 1 fully saturated rings. The van der Waals surface area contributed by atoms with Crippen molar-refractivity contribution in [3.05, 3.63) is 27.3 Å². The highest BCUT2D eigenvalue weighted by atomic mass is 127. The number of hydrogen-bond donors (Lipinski definition) is 3. The fourth-order valence-corrected chi connectivity index (χ4v) is 2.37. The summed E-state index contributed by atoms with van der Waals surface area (Å²) in [4.78, 5) is 22.9. The molecular formula is C13H15IN2O3. The number of carbonyl (C=O) groups is 2. The molecule has 0 aromatic heterocycles. The molecule has 1 aromatic carbocycles. The summed E-state index contributed by atoms with van der Waals surface area (Å²) in [5.74, 6) is -0.495. The number of anilines is 1. The minimum Gasteiger partial charge on any atom is -0.478 e. The minimum atomic E-state index is -1.05. The van der Waals surface area contributed by atoms with E-state index in [1.54, 1.807) is 12.1 Å². The van der Waals surface area contributed by atoms with Gasteiger partial charge in [0.15, 0.2) is 0 Å². The predicted molar refractivity (Wildman–Crippen MR) is 80.5 cm³/mol. The molecule has 0 radical (unpaired) electrons. The second kappa shape index (κ2) is 5.77. The molecule has 0 bridgehead atoms. The fraction of sp³-hybridized carbons (Fsp3) is 0.385. The van der Waals surface area contributed by atoms with E-state index >= 15 is 0 Å². The van der Waals surface area contributed by atoms with Crippen molar-refractivity contribution in [2.75, 3.05) is 5.32 Å². The van der Waals surface area contributed by atoms with Gasteiger partial charge in [-0.1, -0.05) is 0 Å². The van der Waals surface area contributed by atoms with Gasteiger partial charge in [-0.15, -0.1) is 0 Å². The van der Waals surface area contributed by atoms with Crippen LogP contribution in [0.4, 0.5) is 10.5 Å². The normalized spacial score (nSPS) is 15.7. The molecular weight excluding hydrogens is 359 g/mol. The number of aromatic carboxylic acids is 1. The summed E-state index contributed by atoms with van der Waals surface area (Å²) in [5.41, 5.74) is 0.412. The van der Waals surface area contributed by atoms with Crippen molar-refractivity contribution in [2.45, 2.75) is 25.8 Å². The molecule has 0 heterocycles. The molecule has 1 atom stereocenters. The van der Waals surface area contributed by atoms with Gasteiger partial charge in [0.05, 0.1) is 11.3 Å². The van der Waals surface area contributed by atoms with E-state index in [1.807, 2.05) is 29.5 Å². The first kappa shape index (κ1) is 14.1. The monoisotopic (exact) mass is 374 g/mol. The zero-order chi connectivity index (χ0) is 14.0. The Labute approximate surface area is 124 Å². The topological polar surface area (TPSA) is 78.4 Å². The Morgan fingerprint density at radius 3 is 2.68 bits per heavy atom. The molecule has 3 N–H and O–H groups in total. The molecule has 1 unspecified atom stereocenters. The van der Waals surface area contributed by atoms with Crippen LogP contribution in [0.15, 0.2) is 18.2 Å². The van der Waals surface area contributed by atoms with Crippen LogP contribution < -0.4 is 10.6 Å². The third-order valence-corrected chi connectivity index (χ3v) is 3.82. The number of rotatable bonds is 4. The molecule has 1 aliphatic carbocycles. The van der Waals surface area contributed by atoms with E-state index < -0.39 is 5.97 Å². The van der Waals surface area contributed by atoms with E-state index in [-0.39, 0.29) is 17.6 Å². The number of halogens is 1. The molecule has 1 aliphatic rings. The third-order valence-electron chi connectivity index (χ3n) is 3.15. The summed E-state index contributed by atoms with van der Waals surface area (Å²) in [5, 5.41) is 14.5. The lowest BCUT2D eigenvalue weighted by atomic mass is 10.2. The highest BCUT2D eigenvalue weighted by Gasteiger charge is 2.29. The van der Waals surface area contributed by atoms with Gasteiger partial charge in [0.25, 0.3) is 0 Å². The van der Waals surface area contributed by atoms with Crippen LogP contribution >= 0.6 is 22.6 Å². The Morgan fingerprint density at radius 1 is 1.42 bits per heavy atom. The van der Waals surface area contributed by atoms with Crippen molar-refractivity contribution in [2.24, 2.45) is 5.92 Å². The van der Waals surface area contributed by atoms with E-state index in [9.17, 15) is 9.59 Å². The number of amides is 2. The molecule has 102 valence electrons. The predicted octanol–water partition coefficient (Wildman–Crippen LogP) is 2.91. The van der Waals surface area contributed by atoms with E-state index in [0.29, 0.717) is 11.6 Å². The molecule has 1 saturated carbocycles. The first-order chi connectivity index (χ1) is 8.97. The fourth-order valence-electron chi connectivity index (χ4n) is 1.88. The molecule has 6 heteroatoms. The standard InChI is InChI=1S/C13H15IN2O3/c1-7(8-2-3-8)15-13(19)16-11-5-4-9(14)6-10(11)12(17)18/h4-8H,2-3H2,1H3,(H,17,18)(H2,15,16,19). The second-order valence-electron chi connectivity index (χ2n) is 4.72. The molecule has 0 saturated heterocycles. The number of carboxylic acids is 1. The van der Waals surface area contributed by atoms with Crippen molar-refractivity contribution in [3.8, 4) is 0 Å². The number of hydrogen-bond acceptors (Lipinski definition) is 2. The smallest absolute Gasteiger partial charge is 0.337 e. The molecule has 2 rings (SSSR count). The van der Waals surface area contributed by atoms with Crippen molar-refractivity contribution in [1.29, 1.82) is 0 Å². The molecule has 5 nitrogen and oxygen atoms in total. The first-order valence-electron chi connectivity index (χ1n) is 6.07. The first-order valence-corrected chi connectivity index (χ1v) is 7.15. The summed E-state index contributed by atoms with van der Waals surface area (Å²) < 4.78 is 0.812. The van der Waals surface area contributed by atoms with Crippen molar-refractivity contribution >= 4 is 40.3 Å². The number of urea groups is 1. The largest absolute Gasteiger partial charge is 0.478 e. The third kappa shape index (κ3) is 3.82. The van der Waals surface area contributed by atoms with Crippen LogP contribution in [0.3, 0.4) is 0 Å². The summed E-state index contributed by atoms with van der Waals surface area (Å²) in [6.45, 7) is 1.96. The lowest BCUT2D eigenvalue weighted by molar-refractivity contribution is 0.0698. The Balaban J connectivity index is 2.05. The molecule has 0 spiro atoms. The summed E-state index contributed by atoms with van der Waals surface area (Å²) in [6, 6.07) is 4.66.